The van der Waals surface area contributed by atoms with Crippen LogP contribution in [-0.2, 0) is 4.79 Å². The quantitative estimate of drug-likeness (QED) is 0.456. The van der Waals surface area contributed by atoms with Crippen LogP contribution in [0.2, 0.25) is 0 Å². The third-order valence-electron chi connectivity index (χ3n) is 1.71. The highest BCUT2D eigenvalue weighted by atomic mass is 16.1. The Kier molecular flexibility index (Phi) is 2.80. The van der Waals surface area contributed by atoms with Crippen LogP contribution in [0.25, 0.3) is 0 Å². The van der Waals surface area contributed by atoms with Crippen molar-refractivity contribution in [3.63, 3.8) is 0 Å². The zero-order valence-corrected chi connectivity index (χ0v) is 5.92. The Bertz CT molecular complexity index is 112. The first-order valence-electron chi connectivity index (χ1n) is 3.50. The lowest BCUT2D eigenvalue weighted by Crippen LogP contribution is -2.52. The molecule has 1 unspecified atom stereocenters. The molecule has 1 aliphatic rings. The number of aldehydes is 1. The Morgan fingerprint density at radius 2 is 2.10 bits per heavy atom. The Hall–Kier alpha value is -0.450. The molecule has 4 nitrogen and oxygen atoms in total. The van der Waals surface area contributed by atoms with Crippen LogP contribution in [0.5, 0.6) is 0 Å². The van der Waals surface area contributed by atoms with Gasteiger partial charge in [-0.3, -0.25) is 4.90 Å². The molecule has 0 spiro atoms. The summed E-state index contributed by atoms with van der Waals surface area (Å²) in [5, 5.41) is 3.18. The first-order chi connectivity index (χ1) is 4.84. The van der Waals surface area contributed by atoms with E-state index in [2.05, 4.69) is 5.32 Å². The second-order valence-corrected chi connectivity index (χ2v) is 2.41. The largest absolute Gasteiger partial charge is 0.314 e. The first kappa shape index (κ1) is 7.65. The predicted octanol–water partition coefficient (Wildman–Crippen LogP) is -1.62. The highest BCUT2D eigenvalue weighted by molar-refractivity contribution is 5.56. The van der Waals surface area contributed by atoms with Crippen LogP contribution in [0.4, 0.5) is 0 Å². The van der Waals surface area contributed by atoms with Gasteiger partial charge in [-0.25, -0.2) is 0 Å². The molecule has 1 fully saturated rings. The molecule has 0 aromatic rings. The molecule has 0 radical (unpaired) electrons. The minimum Gasteiger partial charge on any atom is -0.314 e. The predicted molar refractivity (Wildman–Crippen MR) is 38.5 cm³/mol. The summed E-state index contributed by atoms with van der Waals surface area (Å²) in [5.74, 6) is 0. The molecule has 0 bridgehead atoms. The second-order valence-electron chi connectivity index (χ2n) is 2.41. The van der Waals surface area contributed by atoms with E-state index in [-0.39, 0.29) is 0 Å². The lowest BCUT2D eigenvalue weighted by atomic mass is 10.3. The summed E-state index contributed by atoms with van der Waals surface area (Å²) in [6.07, 6.45) is 0.382. The van der Waals surface area contributed by atoms with Gasteiger partial charge in [0.1, 0.15) is 6.17 Å². The van der Waals surface area contributed by atoms with Crippen LogP contribution in [-0.4, -0.2) is 43.5 Å². The van der Waals surface area contributed by atoms with Gasteiger partial charge in [-0.05, 0) is 0 Å². The standard InChI is InChI=1S/C6H13N3O/c7-6(5-10)9-3-1-8-2-4-9/h5-6,8H,1-4,7H2. The van der Waals surface area contributed by atoms with Crippen molar-refractivity contribution in [2.45, 2.75) is 6.17 Å². The number of hydrogen-bond acceptors (Lipinski definition) is 4. The SMILES string of the molecule is NC(C=O)N1CCNCC1. The van der Waals surface area contributed by atoms with Gasteiger partial charge in [-0.15, -0.1) is 0 Å². The summed E-state index contributed by atoms with van der Waals surface area (Å²) in [4.78, 5) is 12.2. The molecule has 1 atom stereocenters. The van der Waals surface area contributed by atoms with Crippen molar-refractivity contribution in [3.05, 3.63) is 0 Å². The maximum Gasteiger partial charge on any atom is 0.151 e. The number of carbonyl (C=O) groups excluding carboxylic acids is 1. The fourth-order valence-corrected chi connectivity index (χ4v) is 1.07. The van der Waals surface area contributed by atoms with Crippen LogP contribution in [0, 0.1) is 0 Å². The summed E-state index contributed by atoms with van der Waals surface area (Å²) >= 11 is 0. The monoisotopic (exact) mass is 143 g/mol. The van der Waals surface area contributed by atoms with E-state index in [1.807, 2.05) is 4.90 Å². The van der Waals surface area contributed by atoms with Crippen molar-refractivity contribution >= 4 is 6.29 Å². The maximum atomic E-state index is 10.2. The van der Waals surface area contributed by atoms with Gasteiger partial charge in [0.25, 0.3) is 0 Å². The number of nitrogens with two attached hydrogens (primary N) is 1. The zero-order chi connectivity index (χ0) is 7.40. The molecule has 0 aliphatic carbocycles. The molecule has 4 heteroatoms. The highest BCUT2D eigenvalue weighted by Gasteiger charge is 2.14. The molecule has 58 valence electrons. The van der Waals surface area contributed by atoms with Gasteiger partial charge < -0.3 is 15.8 Å². The molecule has 1 saturated heterocycles. The van der Waals surface area contributed by atoms with Crippen molar-refractivity contribution in [1.29, 1.82) is 0 Å². The van der Waals surface area contributed by atoms with Crippen molar-refractivity contribution < 1.29 is 4.79 Å². The number of hydrogen-bond donors (Lipinski definition) is 2. The smallest absolute Gasteiger partial charge is 0.151 e. The van der Waals surface area contributed by atoms with E-state index in [0.29, 0.717) is 0 Å². The average molecular weight is 143 g/mol. The van der Waals surface area contributed by atoms with Crippen molar-refractivity contribution in [3.8, 4) is 0 Å². The van der Waals surface area contributed by atoms with Crippen LogP contribution in [0.15, 0.2) is 0 Å². The number of nitrogens with zero attached hydrogens (tertiary/aromatic N) is 1. The van der Waals surface area contributed by atoms with Crippen LogP contribution in [0.3, 0.4) is 0 Å². The lowest BCUT2D eigenvalue weighted by molar-refractivity contribution is -0.112. The lowest BCUT2D eigenvalue weighted by Gasteiger charge is -2.29. The van der Waals surface area contributed by atoms with Crippen molar-refractivity contribution in [2.24, 2.45) is 5.73 Å². The Morgan fingerprint density at radius 3 is 2.60 bits per heavy atom. The topological polar surface area (TPSA) is 58.4 Å². The Balaban J connectivity index is 2.30. The molecular weight excluding hydrogens is 130 g/mol. The van der Waals surface area contributed by atoms with E-state index < -0.39 is 6.17 Å². The maximum absolute atomic E-state index is 10.2. The molecule has 1 heterocycles. The first-order valence-corrected chi connectivity index (χ1v) is 3.50. The third-order valence-corrected chi connectivity index (χ3v) is 1.71. The summed E-state index contributed by atoms with van der Waals surface area (Å²) in [7, 11) is 0. The molecule has 1 rings (SSSR count). The van der Waals surface area contributed by atoms with E-state index >= 15 is 0 Å². The van der Waals surface area contributed by atoms with Gasteiger partial charge in [0, 0.05) is 26.2 Å². The van der Waals surface area contributed by atoms with Gasteiger partial charge in [0.2, 0.25) is 0 Å². The molecular formula is C6H13N3O. The molecule has 0 amide bonds. The molecule has 0 saturated carbocycles. The number of nitrogens with one attached hydrogen (secondary N) is 1. The second kappa shape index (κ2) is 3.65. The van der Waals surface area contributed by atoms with Crippen molar-refractivity contribution in [1.82, 2.24) is 10.2 Å². The van der Waals surface area contributed by atoms with Gasteiger partial charge in [0.05, 0.1) is 0 Å². The molecule has 0 aromatic heterocycles. The summed E-state index contributed by atoms with van der Waals surface area (Å²) in [6.45, 7) is 3.61. The van der Waals surface area contributed by atoms with Gasteiger partial charge in [-0.1, -0.05) is 0 Å². The number of carbonyl (C=O) groups is 1. The molecule has 10 heavy (non-hydrogen) atoms. The van der Waals surface area contributed by atoms with Crippen LogP contribution >= 0.6 is 0 Å². The Morgan fingerprint density at radius 1 is 1.50 bits per heavy atom. The normalized spacial score (nSPS) is 24.1. The molecule has 1 aliphatic heterocycles. The van der Waals surface area contributed by atoms with E-state index in [0.717, 1.165) is 32.5 Å². The highest BCUT2D eigenvalue weighted by Crippen LogP contribution is 1.92. The van der Waals surface area contributed by atoms with Crippen LogP contribution < -0.4 is 11.1 Å². The molecule has 0 aromatic carbocycles. The summed E-state index contributed by atoms with van der Waals surface area (Å²) in [5.41, 5.74) is 5.48. The van der Waals surface area contributed by atoms with E-state index in [1.54, 1.807) is 0 Å². The van der Waals surface area contributed by atoms with Crippen molar-refractivity contribution in [2.75, 3.05) is 26.2 Å². The fourth-order valence-electron chi connectivity index (χ4n) is 1.07. The van der Waals surface area contributed by atoms with Gasteiger partial charge >= 0.3 is 0 Å². The molecule has 3 N–H and O–H groups in total. The van der Waals surface area contributed by atoms with Gasteiger partial charge in [-0.2, -0.15) is 0 Å². The number of piperazine rings is 1. The Labute approximate surface area is 60.4 Å². The van der Waals surface area contributed by atoms with E-state index in [1.165, 1.54) is 0 Å². The van der Waals surface area contributed by atoms with E-state index in [9.17, 15) is 4.79 Å². The minimum atomic E-state index is -0.401. The van der Waals surface area contributed by atoms with Crippen LogP contribution in [0.1, 0.15) is 0 Å². The summed E-state index contributed by atoms with van der Waals surface area (Å²) < 4.78 is 0. The summed E-state index contributed by atoms with van der Waals surface area (Å²) in [6, 6.07) is 0. The zero-order valence-electron chi connectivity index (χ0n) is 5.92. The van der Waals surface area contributed by atoms with Gasteiger partial charge in [0.15, 0.2) is 6.29 Å². The average Bonchev–Trinajstić information content (AvgIpc) is 2.05. The number of rotatable bonds is 2. The van der Waals surface area contributed by atoms with E-state index in [4.69, 9.17) is 5.73 Å². The minimum absolute atomic E-state index is 0.401. The third kappa shape index (κ3) is 1.76. The fraction of sp³-hybridized carbons (Fsp3) is 0.833.